The van der Waals surface area contributed by atoms with Crippen molar-refractivity contribution in [2.45, 2.75) is 13.5 Å². The first-order valence-corrected chi connectivity index (χ1v) is 7.69. The van der Waals surface area contributed by atoms with Crippen molar-refractivity contribution in [2.75, 3.05) is 14.2 Å². The maximum Gasteiger partial charge on any atom is 0.161 e. The van der Waals surface area contributed by atoms with Crippen LogP contribution in [0.3, 0.4) is 0 Å². The maximum absolute atomic E-state index is 5.86. The van der Waals surface area contributed by atoms with Crippen LogP contribution in [0.25, 0.3) is 17.1 Å². The number of allylic oxidation sites excluding steroid dienone is 1. The SMILES string of the molecule is C/C=C/c1ccc(OCc2nc3ccc(OC)cc3[nH]2)c(OC)c1. The van der Waals surface area contributed by atoms with Gasteiger partial charge in [0, 0.05) is 6.07 Å². The van der Waals surface area contributed by atoms with Gasteiger partial charge in [0.25, 0.3) is 0 Å². The van der Waals surface area contributed by atoms with Crippen LogP contribution >= 0.6 is 0 Å². The largest absolute Gasteiger partial charge is 0.497 e. The molecule has 0 aliphatic rings. The van der Waals surface area contributed by atoms with Crippen molar-refractivity contribution in [3.63, 3.8) is 0 Å². The number of aromatic amines is 1. The van der Waals surface area contributed by atoms with Gasteiger partial charge in [-0.05, 0) is 36.8 Å². The minimum Gasteiger partial charge on any atom is -0.497 e. The second-order valence-electron chi connectivity index (χ2n) is 5.27. The molecule has 2 aromatic carbocycles. The first kappa shape index (κ1) is 15.9. The summed E-state index contributed by atoms with van der Waals surface area (Å²) in [6.45, 7) is 2.31. The number of imidazole rings is 1. The fraction of sp³-hybridized carbons (Fsp3) is 0.211. The molecule has 0 unspecified atom stereocenters. The number of H-pyrrole nitrogens is 1. The van der Waals surface area contributed by atoms with Gasteiger partial charge < -0.3 is 19.2 Å². The summed E-state index contributed by atoms with van der Waals surface area (Å²) in [5.41, 5.74) is 2.87. The van der Waals surface area contributed by atoms with Gasteiger partial charge in [0.1, 0.15) is 18.2 Å². The Morgan fingerprint density at radius 1 is 1.04 bits per heavy atom. The Kier molecular flexibility index (Phi) is 4.70. The molecule has 0 amide bonds. The van der Waals surface area contributed by atoms with Crippen LogP contribution < -0.4 is 14.2 Å². The van der Waals surface area contributed by atoms with Crippen LogP contribution in [0.4, 0.5) is 0 Å². The lowest BCUT2D eigenvalue weighted by molar-refractivity contribution is 0.277. The number of ether oxygens (including phenoxy) is 3. The zero-order valence-corrected chi connectivity index (χ0v) is 14.0. The van der Waals surface area contributed by atoms with Gasteiger partial charge in [-0.15, -0.1) is 0 Å². The quantitative estimate of drug-likeness (QED) is 0.738. The summed E-state index contributed by atoms with van der Waals surface area (Å²) in [5.74, 6) is 2.92. The minimum atomic E-state index is 0.330. The number of rotatable bonds is 6. The van der Waals surface area contributed by atoms with Crippen LogP contribution in [0.2, 0.25) is 0 Å². The topological polar surface area (TPSA) is 56.4 Å². The summed E-state index contributed by atoms with van der Waals surface area (Å²) in [4.78, 5) is 7.76. The highest BCUT2D eigenvalue weighted by atomic mass is 16.5. The molecule has 0 bridgehead atoms. The lowest BCUT2D eigenvalue weighted by Gasteiger charge is -2.10. The third-order valence-corrected chi connectivity index (χ3v) is 3.65. The van der Waals surface area contributed by atoms with Gasteiger partial charge in [0.2, 0.25) is 0 Å². The molecule has 5 heteroatoms. The third kappa shape index (κ3) is 3.35. The average molecular weight is 324 g/mol. The van der Waals surface area contributed by atoms with Gasteiger partial charge >= 0.3 is 0 Å². The Hall–Kier alpha value is -2.95. The summed E-state index contributed by atoms with van der Waals surface area (Å²) in [6, 6.07) is 11.6. The van der Waals surface area contributed by atoms with Crippen LogP contribution in [0.1, 0.15) is 18.3 Å². The molecule has 0 aliphatic carbocycles. The molecule has 3 rings (SSSR count). The highest BCUT2D eigenvalue weighted by molar-refractivity contribution is 5.76. The van der Waals surface area contributed by atoms with E-state index in [1.165, 1.54) is 0 Å². The van der Waals surface area contributed by atoms with Crippen molar-refractivity contribution in [1.82, 2.24) is 9.97 Å². The molecule has 5 nitrogen and oxygen atoms in total. The molecule has 0 saturated heterocycles. The molecular formula is C19H20N2O3. The van der Waals surface area contributed by atoms with Crippen LogP contribution in [0.5, 0.6) is 17.2 Å². The van der Waals surface area contributed by atoms with Gasteiger partial charge in [-0.2, -0.15) is 0 Å². The van der Waals surface area contributed by atoms with Gasteiger partial charge in [-0.1, -0.05) is 18.2 Å². The maximum atomic E-state index is 5.86. The molecule has 1 N–H and O–H groups in total. The second kappa shape index (κ2) is 7.08. The van der Waals surface area contributed by atoms with E-state index in [1.54, 1.807) is 14.2 Å². The smallest absolute Gasteiger partial charge is 0.161 e. The number of aromatic nitrogens is 2. The van der Waals surface area contributed by atoms with Crippen LogP contribution in [-0.4, -0.2) is 24.2 Å². The number of hydrogen-bond donors (Lipinski definition) is 1. The van der Waals surface area contributed by atoms with E-state index in [9.17, 15) is 0 Å². The molecular weight excluding hydrogens is 304 g/mol. The molecule has 124 valence electrons. The molecule has 24 heavy (non-hydrogen) atoms. The lowest BCUT2D eigenvalue weighted by atomic mass is 10.2. The zero-order valence-electron chi connectivity index (χ0n) is 14.0. The van der Waals surface area contributed by atoms with Gasteiger partial charge in [-0.3, -0.25) is 0 Å². The van der Waals surface area contributed by atoms with E-state index in [2.05, 4.69) is 9.97 Å². The molecule has 0 radical (unpaired) electrons. The van der Waals surface area contributed by atoms with Crippen LogP contribution in [0, 0.1) is 0 Å². The monoisotopic (exact) mass is 324 g/mol. The molecule has 0 spiro atoms. The number of nitrogens with zero attached hydrogens (tertiary/aromatic N) is 1. The number of methoxy groups -OCH3 is 2. The summed E-state index contributed by atoms with van der Waals surface area (Å²) >= 11 is 0. The van der Waals surface area contributed by atoms with E-state index in [0.717, 1.165) is 28.2 Å². The second-order valence-corrected chi connectivity index (χ2v) is 5.27. The van der Waals surface area contributed by atoms with Crippen LogP contribution in [0.15, 0.2) is 42.5 Å². The first-order chi connectivity index (χ1) is 11.7. The fourth-order valence-electron chi connectivity index (χ4n) is 2.48. The average Bonchev–Trinajstić information content (AvgIpc) is 3.02. The molecule has 0 saturated carbocycles. The highest BCUT2D eigenvalue weighted by Crippen LogP contribution is 2.29. The van der Waals surface area contributed by atoms with E-state index < -0.39 is 0 Å². The van der Waals surface area contributed by atoms with Crippen molar-refractivity contribution in [3.05, 3.63) is 53.9 Å². The van der Waals surface area contributed by atoms with E-state index >= 15 is 0 Å². The van der Waals surface area contributed by atoms with E-state index in [1.807, 2.05) is 55.5 Å². The Labute approximate surface area is 140 Å². The van der Waals surface area contributed by atoms with E-state index in [0.29, 0.717) is 18.1 Å². The molecule has 0 aliphatic heterocycles. The molecule has 1 heterocycles. The van der Waals surface area contributed by atoms with Crippen molar-refractivity contribution in [3.8, 4) is 17.2 Å². The van der Waals surface area contributed by atoms with Gasteiger partial charge in [0.05, 0.1) is 25.3 Å². The Morgan fingerprint density at radius 3 is 2.67 bits per heavy atom. The van der Waals surface area contributed by atoms with Gasteiger partial charge in [0.15, 0.2) is 11.5 Å². The molecule has 0 fully saturated rings. The Bertz CT molecular complexity index is 868. The first-order valence-electron chi connectivity index (χ1n) is 7.69. The van der Waals surface area contributed by atoms with E-state index in [-0.39, 0.29) is 0 Å². The number of benzene rings is 2. The fourth-order valence-corrected chi connectivity index (χ4v) is 2.48. The molecule has 1 aromatic heterocycles. The summed E-state index contributed by atoms with van der Waals surface area (Å²) in [6.07, 6.45) is 4.00. The normalized spacial score (nSPS) is 11.1. The standard InChI is InChI=1S/C19H20N2O3/c1-4-5-13-6-9-17(18(10-13)23-3)24-12-19-20-15-8-7-14(22-2)11-16(15)21-19/h4-11H,12H2,1-3H3,(H,20,21)/b5-4+. The zero-order chi connectivity index (χ0) is 16.9. The predicted molar refractivity (Wildman–Crippen MR) is 94.7 cm³/mol. The third-order valence-electron chi connectivity index (χ3n) is 3.65. The predicted octanol–water partition coefficient (Wildman–Crippen LogP) is 4.19. The lowest BCUT2D eigenvalue weighted by Crippen LogP contribution is -1.99. The Morgan fingerprint density at radius 2 is 1.92 bits per heavy atom. The Balaban J connectivity index is 1.77. The number of hydrogen-bond acceptors (Lipinski definition) is 4. The summed E-state index contributed by atoms with van der Waals surface area (Å²) < 4.78 is 16.5. The number of nitrogens with one attached hydrogen (secondary N) is 1. The van der Waals surface area contributed by atoms with Gasteiger partial charge in [-0.25, -0.2) is 4.98 Å². The van der Waals surface area contributed by atoms with Crippen molar-refractivity contribution in [1.29, 1.82) is 0 Å². The van der Waals surface area contributed by atoms with Crippen LogP contribution in [-0.2, 0) is 6.61 Å². The number of fused-ring (bicyclic) bond motifs is 1. The summed E-state index contributed by atoms with van der Waals surface area (Å²) in [7, 11) is 3.28. The molecule has 0 atom stereocenters. The van der Waals surface area contributed by atoms with E-state index in [4.69, 9.17) is 14.2 Å². The van der Waals surface area contributed by atoms with Crippen molar-refractivity contribution < 1.29 is 14.2 Å². The molecule has 3 aromatic rings. The highest BCUT2D eigenvalue weighted by Gasteiger charge is 2.08. The summed E-state index contributed by atoms with van der Waals surface area (Å²) in [5, 5.41) is 0. The van der Waals surface area contributed by atoms with Crippen molar-refractivity contribution in [2.24, 2.45) is 0 Å². The minimum absolute atomic E-state index is 0.330. The van der Waals surface area contributed by atoms with Crippen molar-refractivity contribution >= 4 is 17.1 Å².